The van der Waals surface area contributed by atoms with Crippen LogP contribution in [0.5, 0.6) is 5.75 Å². The van der Waals surface area contributed by atoms with Crippen molar-refractivity contribution in [2.75, 3.05) is 45.2 Å². The maximum atomic E-state index is 13.5. The summed E-state index contributed by atoms with van der Waals surface area (Å²) in [6, 6.07) is 18.5. The number of nitrogens with zero attached hydrogens (tertiary/aromatic N) is 2. The molecule has 2 aliphatic rings. The minimum Gasteiger partial charge on any atom is -0.491 e. The first-order chi connectivity index (χ1) is 21.0. The second kappa shape index (κ2) is 13.6. The average Bonchev–Trinajstić information content (AvgIpc) is 3.41. The van der Waals surface area contributed by atoms with E-state index in [4.69, 9.17) is 14.6 Å². The lowest BCUT2D eigenvalue weighted by molar-refractivity contribution is -0.0312. The lowest BCUT2D eigenvalue weighted by Gasteiger charge is -2.38. The van der Waals surface area contributed by atoms with Crippen LogP contribution in [-0.2, 0) is 24.6 Å². The van der Waals surface area contributed by atoms with Gasteiger partial charge in [0.15, 0.2) is 9.84 Å². The number of benzene rings is 2. The number of sulfone groups is 1. The number of ether oxygens (including phenoxy) is 2. The average molecular weight is 646 g/mol. The van der Waals surface area contributed by atoms with Crippen molar-refractivity contribution in [1.29, 1.82) is 0 Å². The first-order valence-electron chi connectivity index (χ1n) is 14.7. The fourth-order valence-corrected chi connectivity index (χ4v) is 8.22. The normalized spacial score (nSPS) is 19.7. The Kier molecular flexibility index (Phi) is 10.0. The predicted octanol–water partition coefficient (Wildman–Crippen LogP) is 2.16. The molecule has 2 fully saturated rings. The molecule has 2 aromatic carbocycles. The summed E-state index contributed by atoms with van der Waals surface area (Å²) in [5, 5.41) is 22.8. The van der Waals surface area contributed by atoms with Gasteiger partial charge in [-0.15, -0.1) is 0 Å². The van der Waals surface area contributed by atoms with Crippen LogP contribution in [0.2, 0.25) is 0 Å². The zero-order chi connectivity index (χ0) is 31.4. The SMILES string of the molecule is Cc1cccc(-c2cccc(S(=O)(=O)N3CCC4(CC3)C[C@@H](NC[C@H](O)COc3cccc(S(=O)(=O)CCO)c3)CO4)c2)n1. The van der Waals surface area contributed by atoms with E-state index in [1.54, 1.807) is 30.3 Å². The van der Waals surface area contributed by atoms with Gasteiger partial charge in [-0.25, -0.2) is 16.8 Å². The van der Waals surface area contributed by atoms with Crippen molar-refractivity contribution >= 4 is 19.9 Å². The summed E-state index contributed by atoms with van der Waals surface area (Å²) >= 11 is 0. The monoisotopic (exact) mass is 645 g/mol. The number of aliphatic hydroxyl groups excluding tert-OH is 2. The van der Waals surface area contributed by atoms with Crippen molar-refractivity contribution in [2.24, 2.45) is 0 Å². The van der Waals surface area contributed by atoms with E-state index in [1.807, 2.05) is 31.2 Å². The zero-order valence-electron chi connectivity index (χ0n) is 24.6. The summed E-state index contributed by atoms with van der Waals surface area (Å²) in [6.07, 6.45) is 1.01. The largest absolute Gasteiger partial charge is 0.491 e. The molecular formula is C31H39N3O8S2. The van der Waals surface area contributed by atoms with Crippen LogP contribution in [0.1, 0.15) is 25.0 Å². The third kappa shape index (κ3) is 7.65. The first-order valence-corrected chi connectivity index (χ1v) is 17.8. The predicted molar refractivity (Wildman–Crippen MR) is 165 cm³/mol. The van der Waals surface area contributed by atoms with Gasteiger partial charge in [0.25, 0.3) is 0 Å². The van der Waals surface area contributed by atoms with Gasteiger partial charge in [0.2, 0.25) is 10.0 Å². The summed E-state index contributed by atoms with van der Waals surface area (Å²) in [5.74, 6) is -0.0614. The van der Waals surface area contributed by atoms with Gasteiger partial charge in [-0.2, -0.15) is 4.31 Å². The van der Waals surface area contributed by atoms with E-state index < -0.39 is 38.2 Å². The number of aliphatic hydroxyl groups is 2. The third-order valence-corrected chi connectivity index (χ3v) is 11.7. The molecule has 5 rings (SSSR count). The summed E-state index contributed by atoms with van der Waals surface area (Å²) in [5.41, 5.74) is 1.93. The van der Waals surface area contributed by atoms with E-state index >= 15 is 0 Å². The van der Waals surface area contributed by atoms with Gasteiger partial charge < -0.3 is 25.0 Å². The second-order valence-electron chi connectivity index (χ2n) is 11.4. The molecule has 0 bridgehead atoms. The van der Waals surface area contributed by atoms with Crippen LogP contribution >= 0.6 is 0 Å². The Morgan fingerprint density at radius 2 is 1.77 bits per heavy atom. The summed E-state index contributed by atoms with van der Waals surface area (Å²) in [7, 11) is -7.29. The number of pyridine rings is 1. The molecule has 3 aromatic rings. The minimum absolute atomic E-state index is 0.00160. The Morgan fingerprint density at radius 1 is 1.05 bits per heavy atom. The Bertz CT molecular complexity index is 1660. The summed E-state index contributed by atoms with van der Waals surface area (Å²) < 4.78 is 64.7. The lowest BCUT2D eigenvalue weighted by Crippen LogP contribution is -2.47. The zero-order valence-corrected chi connectivity index (χ0v) is 26.3. The molecule has 3 N–H and O–H groups in total. The highest BCUT2D eigenvalue weighted by atomic mass is 32.2. The molecule has 0 amide bonds. The van der Waals surface area contributed by atoms with Crippen LogP contribution < -0.4 is 10.1 Å². The van der Waals surface area contributed by atoms with Crippen molar-refractivity contribution < 1.29 is 36.5 Å². The molecular weight excluding hydrogens is 606 g/mol. The Morgan fingerprint density at radius 3 is 2.52 bits per heavy atom. The quantitative estimate of drug-likeness (QED) is 0.267. The molecule has 0 radical (unpaired) electrons. The van der Waals surface area contributed by atoms with Gasteiger partial charge in [-0.1, -0.05) is 24.3 Å². The van der Waals surface area contributed by atoms with Crippen molar-refractivity contribution in [3.8, 4) is 17.0 Å². The maximum Gasteiger partial charge on any atom is 0.243 e. The molecule has 44 heavy (non-hydrogen) atoms. The van der Waals surface area contributed by atoms with E-state index in [1.165, 1.54) is 16.4 Å². The lowest BCUT2D eigenvalue weighted by atomic mass is 9.88. The van der Waals surface area contributed by atoms with Crippen LogP contribution in [0.25, 0.3) is 11.3 Å². The highest BCUT2D eigenvalue weighted by Crippen LogP contribution is 2.37. The Labute approximate surface area is 258 Å². The van der Waals surface area contributed by atoms with Crippen molar-refractivity contribution in [2.45, 2.75) is 53.7 Å². The highest BCUT2D eigenvalue weighted by Gasteiger charge is 2.44. The second-order valence-corrected chi connectivity index (χ2v) is 15.4. The minimum atomic E-state index is -3.68. The molecule has 238 valence electrons. The molecule has 13 heteroatoms. The van der Waals surface area contributed by atoms with Crippen LogP contribution in [-0.4, -0.2) is 99.3 Å². The maximum absolute atomic E-state index is 13.5. The Balaban J connectivity index is 1.10. The number of aromatic nitrogens is 1. The molecule has 2 saturated heterocycles. The third-order valence-electron chi connectivity index (χ3n) is 8.11. The molecule has 11 nitrogen and oxygen atoms in total. The van der Waals surface area contributed by atoms with E-state index in [0.29, 0.717) is 44.7 Å². The van der Waals surface area contributed by atoms with Crippen LogP contribution in [0.15, 0.2) is 76.5 Å². The van der Waals surface area contributed by atoms with Gasteiger partial charge in [0.05, 0.1) is 40.1 Å². The fraction of sp³-hybridized carbons (Fsp3) is 0.452. The van der Waals surface area contributed by atoms with Gasteiger partial charge >= 0.3 is 0 Å². The van der Waals surface area contributed by atoms with Crippen LogP contribution in [0.3, 0.4) is 0 Å². The van der Waals surface area contributed by atoms with Crippen molar-refractivity contribution in [3.63, 3.8) is 0 Å². The number of nitrogens with one attached hydrogen (secondary N) is 1. The highest BCUT2D eigenvalue weighted by molar-refractivity contribution is 7.91. The smallest absolute Gasteiger partial charge is 0.243 e. The van der Waals surface area contributed by atoms with E-state index in [-0.39, 0.29) is 34.7 Å². The number of hydrogen-bond acceptors (Lipinski definition) is 10. The van der Waals surface area contributed by atoms with Gasteiger partial charge in [-0.05, 0) is 68.7 Å². The molecule has 1 spiro atoms. The van der Waals surface area contributed by atoms with E-state index in [9.17, 15) is 21.9 Å². The molecule has 3 heterocycles. The van der Waals surface area contributed by atoms with Gasteiger partial charge in [0.1, 0.15) is 18.5 Å². The summed E-state index contributed by atoms with van der Waals surface area (Å²) in [6.45, 7) is 2.80. The fourth-order valence-electron chi connectivity index (χ4n) is 5.68. The molecule has 0 saturated carbocycles. The number of piperidine rings is 1. The molecule has 2 atom stereocenters. The van der Waals surface area contributed by atoms with Gasteiger partial charge in [0, 0.05) is 36.9 Å². The van der Waals surface area contributed by atoms with E-state index in [0.717, 1.165) is 17.0 Å². The number of rotatable bonds is 12. The molecule has 0 aliphatic carbocycles. The van der Waals surface area contributed by atoms with Crippen LogP contribution in [0, 0.1) is 6.92 Å². The molecule has 2 aliphatic heterocycles. The molecule has 0 unspecified atom stereocenters. The number of aryl methyl sites for hydroxylation is 1. The van der Waals surface area contributed by atoms with Gasteiger partial charge in [-0.3, -0.25) is 4.98 Å². The van der Waals surface area contributed by atoms with Crippen LogP contribution in [0.4, 0.5) is 0 Å². The van der Waals surface area contributed by atoms with Crippen molar-refractivity contribution in [3.05, 3.63) is 72.4 Å². The first kappa shape index (κ1) is 32.5. The Hall–Kier alpha value is -2.91. The number of sulfonamides is 1. The topological polar surface area (TPSA) is 155 Å². The van der Waals surface area contributed by atoms with E-state index in [2.05, 4.69) is 10.3 Å². The molecule has 1 aromatic heterocycles. The van der Waals surface area contributed by atoms with Crippen molar-refractivity contribution in [1.82, 2.24) is 14.6 Å². The standard InChI is InChI=1S/C31H39N3O8S2/c1-23-5-2-10-30(33-23)24-6-3-9-29(17-24)44(39,40)34-13-11-31(12-14-34)19-25(21-42-31)32-20-26(36)22-41-27-7-4-8-28(18-27)43(37,38)16-15-35/h2-10,17-18,25-26,32,35-36H,11-16,19-22H2,1H3/t25-,26+/m1/s1. The summed E-state index contributed by atoms with van der Waals surface area (Å²) in [4.78, 5) is 4.82. The number of hydrogen-bond donors (Lipinski definition) is 3.